The standard InChI is InChI=1S/C14H17ClN2O3/c1-2-16(11-5-3-4-6-11)14(18)10-7-8-13(17(19)20)12(15)9-10/h7-9,11H,2-6H2,1H3. The minimum Gasteiger partial charge on any atom is -0.336 e. The van der Waals surface area contributed by atoms with Gasteiger partial charge in [-0.05, 0) is 31.9 Å². The van der Waals surface area contributed by atoms with Crippen LogP contribution in [0.25, 0.3) is 0 Å². The molecule has 0 bridgehead atoms. The van der Waals surface area contributed by atoms with Gasteiger partial charge in [-0.2, -0.15) is 0 Å². The van der Waals surface area contributed by atoms with E-state index in [1.165, 1.54) is 18.2 Å². The second kappa shape index (κ2) is 6.22. The molecule has 5 nitrogen and oxygen atoms in total. The van der Waals surface area contributed by atoms with Gasteiger partial charge < -0.3 is 4.90 Å². The number of nitrogens with zero attached hydrogens (tertiary/aromatic N) is 2. The summed E-state index contributed by atoms with van der Waals surface area (Å²) in [4.78, 5) is 24.5. The highest BCUT2D eigenvalue weighted by molar-refractivity contribution is 6.33. The first kappa shape index (κ1) is 14.8. The molecule has 0 aliphatic heterocycles. The van der Waals surface area contributed by atoms with E-state index in [2.05, 4.69) is 0 Å². The number of nitro groups is 1. The smallest absolute Gasteiger partial charge is 0.287 e. The van der Waals surface area contributed by atoms with Crippen LogP contribution in [0.1, 0.15) is 43.0 Å². The second-order valence-corrected chi connectivity index (χ2v) is 5.36. The molecule has 1 aliphatic rings. The van der Waals surface area contributed by atoms with Gasteiger partial charge in [-0.15, -0.1) is 0 Å². The third kappa shape index (κ3) is 2.93. The summed E-state index contributed by atoms with van der Waals surface area (Å²) in [6.45, 7) is 2.58. The summed E-state index contributed by atoms with van der Waals surface area (Å²) in [5.41, 5.74) is 0.237. The van der Waals surface area contributed by atoms with Crippen molar-refractivity contribution in [1.82, 2.24) is 4.90 Å². The molecule has 1 aromatic rings. The van der Waals surface area contributed by atoms with E-state index in [4.69, 9.17) is 11.6 Å². The quantitative estimate of drug-likeness (QED) is 0.629. The summed E-state index contributed by atoms with van der Waals surface area (Å²) in [6, 6.07) is 4.43. The van der Waals surface area contributed by atoms with E-state index < -0.39 is 4.92 Å². The number of rotatable bonds is 4. The number of benzene rings is 1. The van der Waals surface area contributed by atoms with Crippen LogP contribution in [0.15, 0.2) is 18.2 Å². The van der Waals surface area contributed by atoms with E-state index >= 15 is 0 Å². The molecule has 0 heterocycles. The van der Waals surface area contributed by atoms with Crippen molar-refractivity contribution in [2.45, 2.75) is 38.6 Å². The summed E-state index contributed by atoms with van der Waals surface area (Å²) in [7, 11) is 0. The molecule has 6 heteroatoms. The molecule has 2 rings (SSSR count). The van der Waals surface area contributed by atoms with E-state index in [1.807, 2.05) is 11.8 Å². The molecule has 108 valence electrons. The first-order valence-corrected chi connectivity index (χ1v) is 7.17. The average molecular weight is 297 g/mol. The molecular formula is C14H17ClN2O3. The topological polar surface area (TPSA) is 63.5 Å². The molecule has 1 aromatic carbocycles. The van der Waals surface area contributed by atoms with Crippen molar-refractivity contribution >= 4 is 23.2 Å². The zero-order valence-electron chi connectivity index (χ0n) is 11.3. The number of carbonyl (C=O) groups excluding carboxylic acids is 1. The maximum Gasteiger partial charge on any atom is 0.287 e. The largest absolute Gasteiger partial charge is 0.336 e. The monoisotopic (exact) mass is 296 g/mol. The van der Waals surface area contributed by atoms with Gasteiger partial charge >= 0.3 is 0 Å². The van der Waals surface area contributed by atoms with Crippen LogP contribution >= 0.6 is 11.6 Å². The molecule has 0 spiro atoms. The van der Waals surface area contributed by atoms with E-state index in [0.717, 1.165) is 25.7 Å². The zero-order chi connectivity index (χ0) is 14.7. The first-order chi connectivity index (χ1) is 9.54. The number of nitro benzene ring substituents is 1. The number of carbonyl (C=O) groups is 1. The Kier molecular flexibility index (Phi) is 4.60. The van der Waals surface area contributed by atoms with Gasteiger partial charge in [0.05, 0.1) is 4.92 Å². The first-order valence-electron chi connectivity index (χ1n) is 6.79. The Morgan fingerprint density at radius 1 is 1.45 bits per heavy atom. The van der Waals surface area contributed by atoms with Crippen LogP contribution in [0.4, 0.5) is 5.69 Å². The van der Waals surface area contributed by atoms with Crippen molar-refractivity contribution in [1.29, 1.82) is 0 Å². The van der Waals surface area contributed by atoms with E-state index in [-0.39, 0.29) is 22.7 Å². The highest BCUT2D eigenvalue weighted by Gasteiger charge is 2.27. The maximum absolute atomic E-state index is 12.5. The molecule has 1 amide bonds. The Balaban J connectivity index is 2.23. The minimum absolute atomic E-state index is 0.00308. The lowest BCUT2D eigenvalue weighted by Crippen LogP contribution is -2.38. The molecular weight excluding hydrogens is 280 g/mol. The summed E-state index contributed by atoms with van der Waals surface area (Å²) in [5.74, 6) is -0.101. The molecule has 0 radical (unpaired) electrons. The van der Waals surface area contributed by atoms with E-state index in [1.54, 1.807) is 0 Å². The van der Waals surface area contributed by atoms with Crippen molar-refractivity contribution in [3.8, 4) is 0 Å². The van der Waals surface area contributed by atoms with Crippen LogP contribution in [0.5, 0.6) is 0 Å². The van der Waals surface area contributed by atoms with E-state index in [9.17, 15) is 14.9 Å². The number of halogens is 1. The van der Waals surface area contributed by atoms with Gasteiger partial charge in [0, 0.05) is 24.2 Å². The lowest BCUT2D eigenvalue weighted by atomic mass is 10.1. The van der Waals surface area contributed by atoms with Gasteiger partial charge in [-0.1, -0.05) is 24.4 Å². The van der Waals surface area contributed by atoms with Crippen molar-refractivity contribution in [2.75, 3.05) is 6.54 Å². The lowest BCUT2D eigenvalue weighted by Gasteiger charge is -2.27. The van der Waals surface area contributed by atoms with Crippen LogP contribution in [0, 0.1) is 10.1 Å². The number of hydrogen-bond acceptors (Lipinski definition) is 3. The maximum atomic E-state index is 12.5. The van der Waals surface area contributed by atoms with Crippen LogP contribution in [-0.4, -0.2) is 28.3 Å². The Labute approximate surface area is 122 Å². The fourth-order valence-corrected chi connectivity index (χ4v) is 2.99. The van der Waals surface area contributed by atoms with Gasteiger partial charge in [-0.25, -0.2) is 0 Å². The Morgan fingerprint density at radius 3 is 2.60 bits per heavy atom. The third-order valence-corrected chi connectivity index (χ3v) is 4.06. The molecule has 20 heavy (non-hydrogen) atoms. The Hall–Kier alpha value is -1.62. The van der Waals surface area contributed by atoms with Gasteiger partial charge in [0.15, 0.2) is 0 Å². The second-order valence-electron chi connectivity index (χ2n) is 4.95. The average Bonchev–Trinajstić information content (AvgIpc) is 2.92. The van der Waals surface area contributed by atoms with Gasteiger partial charge in [0.2, 0.25) is 0 Å². The van der Waals surface area contributed by atoms with Gasteiger partial charge in [0.25, 0.3) is 11.6 Å². The molecule has 0 saturated heterocycles. The summed E-state index contributed by atoms with van der Waals surface area (Å²) >= 11 is 5.86. The molecule has 0 unspecified atom stereocenters. The molecule has 0 atom stereocenters. The highest BCUT2D eigenvalue weighted by Crippen LogP contribution is 2.28. The summed E-state index contributed by atoms with van der Waals surface area (Å²) in [6.07, 6.45) is 4.35. The van der Waals surface area contributed by atoms with Crippen molar-refractivity contribution in [3.63, 3.8) is 0 Å². The van der Waals surface area contributed by atoms with Crippen LogP contribution < -0.4 is 0 Å². The Bertz CT molecular complexity index is 527. The normalized spacial score (nSPS) is 15.3. The Morgan fingerprint density at radius 2 is 2.10 bits per heavy atom. The van der Waals surface area contributed by atoms with Crippen molar-refractivity contribution in [2.24, 2.45) is 0 Å². The fourth-order valence-electron chi connectivity index (χ4n) is 2.74. The SMILES string of the molecule is CCN(C(=O)c1ccc([N+](=O)[O-])c(Cl)c1)C1CCCC1. The van der Waals surface area contributed by atoms with Crippen molar-refractivity contribution in [3.05, 3.63) is 38.9 Å². The third-order valence-electron chi connectivity index (χ3n) is 3.76. The minimum atomic E-state index is -0.550. The number of hydrogen-bond donors (Lipinski definition) is 0. The summed E-state index contributed by atoms with van der Waals surface area (Å²) in [5, 5.41) is 10.7. The zero-order valence-corrected chi connectivity index (χ0v) is 12.1. The highest BCUT2D eigenvalue weighted by atomic mass is 35.5. The van der Waals surface area contributed by atoms with Gasteiger partial charge in [-0.3, -0.25) is 14.9 Å². The molecule has 1 fully saturated rings. The molecule has 0 N–H and O–H groups in total. The number of amides is 1. The van der Waals surface area contributed by atoms with Crippen molar-refractivity contribution < 1.29 is 9.72 Å². The fraction of sp³-hybridized carbons (Fsp3) is 0.500. The molecule has 1 aliphatic carbocycles. The van der Waals surface area contributed by atoms with Crippen LogP contribution in [0.3, 0.4) is 0 Å². The van der Waals surface area contributed by atoms with Crippen LogP contribution in [-0.2, 0) is 0 Å². The molecule has 0 aromatic heterocycles. The van der Waals surface area contributed by atoms with E-state index in [0.29, 0.717) is 12.1 Å². The summed E-state index contributed by atoms with van der Waals surface area (Å²) < 4.78 is 0. The predicted octanol–water partition coefficient (Wildman–Crippen LogP) is 3.65. The molecule has 1 saturated carbocycles. The van der Waals surface area contributed by atoms with Crippen LogP contribution in [0.2, 0.25) is 5.02 Å². The lowest BCUT2D eigenvalue weighted by molar-refractivity contribution is -0.384. The predicted molar refractivity (Wildman–Crippen MR) is 77.1 cm³/mol. The van der Waals surface area contributed by atoms with Gasteiger partial charge in [0.1, 0.15) is 5.02 Å².